The number of piperazine rings is 1. The number of hydrogen-bond donors (Lipinski definition) is 1. The molecule has 2 rings (SSSR count). The molecule has 1 aromatic rings. The maximum absolute atomic E-state index is 4.26. The van der Waals surface area contributed by atoms with Gasteiger partial charge in [0.2, 0.25) is 0 Å². The maximum atomic E-state index is 4.26. The second-order valence-corrected chi connectivity index (χ2v) is 6.40. The van der Waals surface area contributed by atoms with E-state index in [9.17, 15) is 0 Å². The highest BCUT2D eigenvalue weighted by Gasteiger charge is 2.29. The first-order valence-electron chi connectivity index (χ1n) is 8.06. The van der Waals surface area contributed by atoms with Crippen molar-refractivity contribution in [3.05, 3.63) is 18.0 Å². The fraction of sp³-hybridized carbons (Fsp3) is 0.812. The highest BCUT2D eigenvalue weighted by atomic mass is 15.3. The van der Waals surface area contributed by atoms with Crippen LogP contribution in [0.5, 0.6) is 0 Å². The van der Waals surface area contributed by atoms with Gasteiger partial charge in [-0.05, 0) is 18.4 Å². The Kier molecular flexibility index (Phi) is 5.61. The number of nitrogens with zero attached hydrogens (tertiary/aromatic N) is 3. The molecule has 0 aromatic carbocycles. The zero-order valence-corrected chi connectivity index (χ0v) is 13.5. The molecule has 1 aromatic heterocycles. The van der Waals surface area contributed by atoms with Gasteiger partial charge in [0.15, 0.2) is 0 Å². The molecule has 114 valence electrons. The van der Waals surface area contributed by atoms with E-state index in [0.717, 1.165) is 19.5 Å². The van der Waals surface area contributed by atoms with Gasteiger partial charge in [0.1, 0.15) is 0 Å². The van der Waals surface area contributed by atoms with E-state index in [2.05, 4.69) is 42.2 Å². The van der Waals surface area contributed by atoms with Crippen LogP contribution in [0.25, 0.3) is 0 Å². The van der Waals surface area contributed by atoms with Crippen molar-refractivity contribution in [2.24, 2.45) is 13.0 Å². The van der Waals surface area contributed by atoms with E-state index in [1.54, 1.807) is 0 Å². The SMILES string of the molecule is CCCC1CN(CCc2ccnn2C)C(C(C)C)CN1. The minimum atomic E-state index is 0.663. The largest absolute Gasteiger partial charge is 0.311 e. The molecule has 0 amide bonds. The second-order valence-electron chi connectivity index (χ2n) is 6.40. The zero-order valence-electron chi connectivity index (χ0n) is 13.5. The zero-order chi connectivity index (χ0) is 14.5. The molecular formula is C16H30N4. The number of aryl methyl sites for hydroxylation is 1. The summed E-state index contributed by atoms with van der Waals surface area (Å²) in [6, 6.07) is 3.47. The Bertz CT molecular complexity index is 399. The Morgan fingerprint density at radius 2 is 2.25 bits per heavy atom. The predicted molar refractivity (Wildman–Crippen MR) is 83.8 cm³/mol. The summed E-state index contributed by atoms with van der Waals surface area (Å²) in [5, 5.41) is 7.99. The molecule has 2 heterocycles. The third-order valence-corrected chi connectivity index (χ3v) is 4.52. The van der Waals surface area contributed by atoms with E-state index < -0.39 is 0 Å². The monoisotopic (exact) mass is 278 g/mol. The van der Waals surface area contributed by atoms with E-state index in [0.29, 0.717) is 18.0 Å². The van der Waals surface area contributed by atoms with E-state index >= 15 is 0 Å². The minimum absolute atomic E-state index is 0.663. The number of aromatic nitrogens is 2. The lowest BCUT2D eigenvalue weighted by Crippen LogP contribution is -2.58. The summed E-state index contributed by atoms with van der Waals surface area (Å²) in [7, 11) is 2.03. The van der Waals surface area contributed by atoms with E-state index in [-0.39, 0.29) is 0 Å². The maximum Gasteiger partial charge on any atom is 0.0492 e. The van der Waals surface area contributed by atoms with Gasteiger partial charge in [-0.1, -0.05) is 27.2 Å². The standard InChI is InChI=1S/C16H30N4/c1-5-6-14-12-20(16(11-17-14)13(2)3)10-8-15-7-9-18-19(15)4/h7,9,13-14,16-17H,5-6,8,10-12H2,1-4H3. The van der Waals surface area contributed by atoms with Gasteiger partial charge in [-0.25, -0.2) is 0 Å². The van der Waals surface area contributed by atoms with Crippen molar-refractivity contribution in [1.82, 2.24) is 20.0 Å². The van der Waals surface area contributed by atoms with Crippen LogP contribution in [0.4, 0.5) is 0 Å². The molecule has 20 heavy (non-hydrogen) atoms. The van der Waals surface area contributed by atoms with Gasteiger partial charge in [0.05, 0.1) is 0 Å². The summed E-state index contributed by atoms with van der Waals surface area (Å²) in [5.74, 6) is 0.705. The molecular weight excluding hydrogens is 248 g/mol. The normalized spacial score (nSPS) is 24.4. The van der Waals surface area contributed by atoms with Crippen molar-refractivity contribution < 1.29 is 0 Å². The Morgan fingerprint density at radius 1 is 1.45 bits per heavy atom. The third kappa shape index (κ3) is 3.83. The van der Waals surface area contributed by atoms with Gasteiger partial charge in [-0.15, -0.1) is 0 Å². The second kappa shape index (κ2) is 7.23. The molecule has 1 fully saturated rings. The van der Waals surface area contributed by atoms with Crippen LogP contribution in [0.1, 0.15) is 39.3 Å². The summed E-state index contributed by atoms with van der Waals surface area (Å²) in [6.07, 6.45) is 5.54. The van der Waals surface area contributed by atoms with Gasteiger partial charge in [-0.2, -0.15) is 5.10 Å². The molecule has 1 saturated heterocycles. The lowest BCUT2D eigenvalue weighted by molar-refractivity contribution is 0.0964. The summed E-state index contributed by atoms with van der Waals surface area (Å²) in [5.41, 5.74) is 1.33. The highest BCUT2D eigenvalue weighted by molar-refractivity contribution is 5.01. The fourth-order valence-electron chi connectivity index (χ4n) is 3.26. The lowest BCUT2D eigenvalue weighted by atomic mass is 9.96. The van der Waals surface area contributed by atoms with Gasteiger partial charge < -0.3 is 5.32 Å². The van der Waals surface area contributed by atoms with Gasteiger partial charge in [-0.3, -0.25) is 9.58 Å². The predicted octanol–water partition coefficient (Wildman–Crippen LogP) is 2.06. The van der Waals surface area contributed by atoms with Crippen LogP contribution < -0.4 is 5.32 Å². The van der Waals surface area contributed by atoms with Gasteiger partial charge in [0.25, 0.3) is 0 Å². The molecule has 1 N–H and O–H groups in total. The van der Waals surface area contributed by atoms with Crippen LogP contribution in [-0.2, 0) is 13.5 Å². The van der Waals surface area contributed by atoms with E-state index in [1.165, 1.54) is 25.1 Å². The summed E-state index contributed by atoms with van der Waals surface area (Å²) in [4.78, 5) is 2.69. The van der Waals surface area contributed by atoms with Crippen LogP contribution in [0.15, 0.2) is 12.3 Å². The van der Waals surface area contributed by atoms with Crippen molar-refractivity contribution >= 4 is 0 Å². The molecule has 0 spiro atoms. The molecule has 4 nitrogen and oxygen atoms in total. The number of rotatable bonds is 6. The molecule has 0 saturated carbocycles. The van der Waals surface area contributed by atoms with Crippen LogP contribution >= 0.6 is 0 Å². The minimum Gasteiger partial charge on any atom is -0.311 e. The number of hydrogen-bond acceptors (Lipinski definition) is 3. The first-order valence-corrected chi connectivity index (χ1v) is 8.06. The molecule has 2 unspecified atom stereocenters. The molecule has 0 radical (unpaired) electrons. The van der Waals surface area contributed by atoms with Gasteiger partial charge >= 0.3 is 0 Å². The summed E-state index contributed by atoms with van der Waals surface area (Å²) in [6.45, 7) is 10.4. The van der Waals surface area contributed by atoms with Crippen LogP contribution in [0, 0.1) is 5.92 Å². The van der Waals surface area contributed by atoms with Crippen LogP contribution in [0.2, 0.25) is 0 Å². The van der Waals surface area contributed by atoms with E-state index in [1.807, 2.05) is 17.9 Å². The van der Waals surface area contributed by atoms with Crippen molar-refractivity contribution in [2.75, 3.05) is 19.6 Å². The molecule has 1 aliphatic rings. The average molecular weight is 278 g/mol. The van der Waals surface area contributed by atoms with Crippen LogP contribution in [-0.4, -0.2) is 46.4 Å². The number of nitrogens with one attached hydrogen (secondary N) is 1. The fourth-order valence-corrected chi connectivity index (χ4v) is 3.26. The third-order valence-electron chi connectivity index (χ3n) is 4.52. The van der Waals surface area contributed by atoms with Crippen molar-refractivity contribution in [2.45, 2.75) is 52.1 Å². The first-order chi connectivity index (χ1) is 9.61. The Morgan fingerprint density at radius 3 is 2.85 bits per heavy atom. The smallest absolute Gasteiger partial charge is 0.0492 e. The first kappa shape index (κ1) is 15.5. The van der Waals surface area contributed by atoms with Crippen molar-refractivity contribution in [3.8, 4) is 0 Å². The van der Waals surface area contributed by atoms with Gasteiger partial charge in [0, 0.05) is 57.1 Å². The molecule has 4 heteroatoms. The van der Waals surface area contributed by atoms with E-state index in [4.69, 9.17) is 0 Å². The summed E-state index contributed by atoms with van der Waals surface area (Å²) >= 11 is 0. The Labute approximate surface area is 123 Å². The molecule has 0 bridgehead atoms. The Hall–Kier alpha value is -0.870. The topological polar surface area (TPSA) is 33.1 Å². The summed E-state index contributed by atoms with van der Waals surface area (Å²) < 4.78 is 2.00. The quantitative estimate of drug-likeness (QED) is 0.864. The van der Waals surface area contributed by atoms with Crippen molar-refractivity contribution in [3.63, 3.8) is 0 Å². The lowest BCUT2D eigenvalue weighted by Gasteiger charge is -2.42. The van der Waals surface area contributed by atoms with Crippen molar-refractivity contribution in [1.29, 1.82) is 0 Å². The molecule has 0 aliphatic carbocycles. The molecule has 1 aliphatic heterocycles. The highest BCUT2D eigenvalue weighted by Crippen LogP contribution is 2.17. The van der Waals surface area contributed by atoms with Crippen LogP contribution in [0.3, 0.4) is 0 Å². The Balaban J connectivity index is 1.94. The average Bonchev–Trinajstić information content (AvgIpc) is 2.82. The molecule has 2 atom stereocenters.